The Kier molecular flexibility index (Phi) is 4.11. The number of H-pyrrole nitrogens is 1. The van der Waals surface area contributed by atoms with Crippen LogP contribution in [0.5, 0.6) is 0 Å². The summed E-state index contributed by atoms with van der Waals surface area (Å²) in [7, 11) is 0. The fourth-order valence-corrected chi connectivity index (χ4v) is 1.10. The minimum Gasteiger partial charge on any atom is -0.379 e. The fraction of sp³-hybridized carbons (Fsp3) is 0.750. The molecule has 4 nitrogen and oxygen atoms in total. The van der Waals surface area contributed by atoms with Gasteiger partial charge in [-0.3, -0.25) is 5.10 Å². The van der Waals surface area contributed by atoms with E-state index in [0.29, 0.717) is 17.3 Å². The maximum Gasteiger partial charge on any atom is 0.195 e. The highest BCUT2D eigenvalue weighted by atomic mass is 32.1. The van der Waals surface area contributed by atoms with Crippen molar-refractivity contribution in [3.05, 3.63) is 11.1 Å². The van der Waals surface area contributed by atoms with Crippen LogP contribution in [0.1, 0.15) is 13.8 Å². The third kappa shape index (κ3) is 3.69. The topological polar surface area (TPSA) is 42.8 Å². The molecular weight excluding hydrogens is 186 g/mol. The molecule has 0 aliphatic carbocycles. The van der Waals surface area contributed by atoms with Crippen LogP contribution in [0.4, 0.5) is 0 Å². The zero-order chi connectivity index (χ0) is 9.68. The van der Waals surface area contributed by atoms with Crippen molar-refractivity contribution in [2.24, 2.45) is 5.92 Å². The predicted octanol–water partition coefficient (Wildman–Crippen LogP) is 1.61. The van der Waals surface area contributed by atoms with E-state index in [2.05, 4.69) is 24.0 Å². The monoisotopic (exact) mass is 201 g/mol. The second-order valence-corrected chi connectivity index (χ2v) is 3.71. The standard InChI is InChI=1S/C8H15N3OS/c1-7(2)5-12-4-3-11-6-9-10-8(11)13/h6-7H,3-5H2,1-2H3,(H,10,13). The van der Waals surface area contributed by atoms with Gasteiger partial charge in [-0.1, -0.05) is 13.8 Å². The molecule has 1 aromatic rings. The van der Waals surface area contributed by atoms with Crippen molar-refractivity contribution in [2.45, 2.75) is 20.4 Å². The lowest BCUT2D eigenvalue weighted by atomic mass is 10.2. The first kappa shape index (κ1) is 10.4. The molecule has 0 spiro atoms. The Labute approximate surface area is 82.9 Å². The Balaban J connectivity index is 2.21. The highest BCUT2D eigenvalue weighted by Gasteiger charge is 1.95. The van der Waals surface area contributed by atoms with Gasteiger partial charge in [0.2, 0.25) is 0 Å². The molecule has 0 aliphatic heterocycles. The van der Waals surface area contributed by atoms with Gasteiger partial charge in [0.15, 0.2) is 4.77 Å². The molecule has 0 saturated carbocycles. The molecule has 5 heteroatoms. The van der Waals surface area contributed by atoms with Crippen LogP contribution < -0.4 is 0 Å². The van der Waals surface area contributed by atoms with Crippen LogP contribution >= 0.6 is 12.2 Å². The summed E-state index contributed by atoms with van der Waals surface area (Å²) in [4.78, 5) is 0. The minimum absolute atomic E-state index is 0.581. The molecule has 0 aliphatic rings. The van der Waals surface area contributed by atoms with Crippen LogP contribution in [-0.2, 0) is 11.3 Å². The second-order valence-electron chi connectivity index (χ2n) is 3.32. The van der Waals surface area contributed by atoms with Crippen molar-refractivity contribution in [3.63, 3.8) is 0 Å². The number of nitrogens with zero attached hydrogens (tertiary/aromatic N) is 2. The molecule has 0 bridgehead atoms. The molecule has 1 aromatic heterocycles. The molecule has 0 saturated heterocycles. The SMILES string of the molecule is CC(C)COCCn1cn[nH]c1=S. The third-order valence-corrected chi connectivity index (χ3v) is 1.87. The van der Waals surface area contributed by atoms with Gasteiger partial charge in [-0.2, -0.15) is 5.10 Å². The van der Waals surface area contributed by atoms with Gasteiger partial charge >= 0.3 is 0 Å². The Morgan fingerprint density at radius 1 is 1.69 bits per heavy atom. The number of aromatic amines is 1. The molecule has 1 heterocycles. The van der Waals surface area contributed by atoms with Crippen LogP contribution in [0.25, 0.3) is 0 Å². The van der Waals surface area contributed by atoms with Gasteiger partial charge < -0.3 is 9.30 Å². The first-order valence-electron chi connectivity index (χ1n) is 4.37. The predicted molar refractivity (Wildman–Crippen MR) is 53.1 cm³/mol. The van der Waals surface area contributed by atoms with Crippen molar-refractivity contribution >= 4 is 12.2 Å². The molecule has 0 aromatic carbocycles. The van der Waals surface area contributed by atoms with Gasteiger partial charge in [0.1, 0.15) is 6.33 Å². The maximum atomic E-state index is 5.41. The quantitative estimate of drug-likeness (QED) is 0.581. The number of ether oxygens (including phenoxy) is 1. The van der Waals surface area contributed by atoms with E-state index in [1.807, 2.05) is 4.57 Å². The van der Waals surface area contributed by atoms with Gasteiger partial charge in [0, 0.05) is 13.2 Å². The third-order valence-electron chi connectivity index (χ3n) is 1.55. The van der Waals surface area contributed by atoms with E-state index in [1.54, 1.807) is 6.33 Å². The molecule has 74 valence electrons. The van der Waals surface area contributed by atoms with E-state index >= 15 is 0 Å². The lowest BCUT2D eigenvalue weighted by Gasteiger charge is -2.06. The van der Waals surface area contributed by atoms with Crippen LogP contribution in [0.2, 0.25) is 0 Å². The smallest absolute Gasteiger partial charge is 0.195 e. The van der Waals surface area contributed by atoms with Gasteiger partial charge in [-0.05, 0) is 18.1 Å². The molecular formula is C8H15N3OS. The average molecular weight is 201 g/mol. The van der Waals surface area contributed by atoms with E-state index in [9.17, 15) is 0 Å². The number of nitrogens with one attached hydrogen (secondary N) is 1. The van der Waals surface area contributed by atoms with Crippen LogP contribution in [0.15, 0.2) is 6.33 Å². The molecule has 1 rings (SSSR count). The summed E-state index contributed by atoms with van der Waals surface area (Å²) in [6.07, 6.45) is 1.68. The zero-order valence-corrected chi connectivity index (χ0v) is 8.80. The van der Waals surface area contributed by atoms with Gasteiger partial charge in [0.25, 0.3) is 0 Å². The molecule has 1 N–H and O–H groups in total. The van der Waals surface area contributed by atoms with Crippen molar-refractivity contribution in [1.82, 2.24) is 14.8 Å². The molecule has 13 heavy (non-hydrogen) atoms. The number of hydrogen-bond donors (Lipinski definition) is 1. The van der Waals surface area contributed by atoms with E-state index in [0.717, 1.165) is 13.2 Å². The highest BCUT2D eigenvalue weighted by molar-refractivity contribution is 7.71. The van der Waals surface area contributed by atoms with E-state index < -0.39 is 0 Å². The largest absolute Gasteiger partial charge is 0.379 e. The second kappa shape index (κ2) is 5.14. The zero-order valence-electron chi connectivity index (χ0n) is 7.99. The summed E-state index contributed by atoms with van der Waals surface area (Å²) in [6, 6.07) is 0. The lowest BCUT2D eigenvalue weighted by Crippen LogP contribution is -2.08. The average Bonchev–Trinajstić information content (AvgIpc) is 2.45. The fourth-order valence-electron chi connectivity index (χ4n) is 0.912. The molecule has 0 radical (unpaired) electrons. The van der Waals surface area contributed by atoms with Gasteiger partial charge in [-0.15, -0.1) is 0 Å². The summed E-state index contributed by atoms with van der Waals surface area (Å²) in [5, 5.41) is 6.50. The first-order valence-corrected chi connectivity index (χ1v) is 4.78. The van der Waals surface area contributed by atoms with Crippen molar-refractivity contribution in [2.75, 3.05) is 13.2 Å². The minimum atomic E-state index is 0.581. The molecule has 0 fully saturated rings. The molecule has 0 amide bonds. The molecule has 0 unspecified atom stereocenters. The normalized spacial score (nSPS) is 11.0. The highest BCUT2D eigenvalue weighted by Crippen LogP contribution is 1.93. The van der Waals surface area contributed by atoms with Gasteiger partial charge in [0.05, 0.1) is 6.61 Å². The maximum absolute atomic E-state index is 5.41. The Morgan fingerprint density at radius 3 is 3.00 bits per heavy atom. The van der Waals surface area contributed by atoms with Crippen LogP contribution in [0.3, 0.4) is 0 Å². The Bertz CT molecular complexity index is 292. The van der Waals surface area contributed by atoms with Crippen molar-refractivity contribution < 1.29 is 4.74 Å². The Hall–Kier alpha value is -0.680. The Morgan fingerprint density at radius 2 is 2.46 bits per heavy atom. The summed E-state index contributed by atoms with van der Waals surface area (Å²) < 4.78 is 7.92. The lowest BCUT2D eigenvalue weighted by molar-refractivity contribution is 0.103. The summed E-state index contributed by atoms with van der Waals surface area (Å²) in [5.74, 6) is 0.581. The van der Waals surface area contributed by atoms with E-state index in [-0.39, 0.29) is 0 Å². The number of rotatable bonds is 5. The summed E-state index contributed by atoms with van der Waals surface area (Å²) >= 11 is 4.98. The van der Waals surface area contributed by atoms with Crippen molar-refractivity contribution in [1.29, 1.82) is 0 Å². The summed E-state index contributed by atoms with van der Waals surface area (Å²) in [6.45, 7) is 6.51. The summed E-state index contributed by atoms with van der Waals surface area (Å²) in [5.41, 5.74) is 0. The number of aromatic nitrogens is 3. The molecule has 0 atom stereocenters. The van der Waals surface area contributed by atoms with Gasteiger partial charge in [-0.25, -0.2) is 0 Å². The van der Waals surface area contributed by atoms with E-state index in [1.165, 1.54) is 0 Å². The van der Waals surface area contributed by atoms with Crippen LogP contribution in [0, 0.1) is 10.7 Å². The van der Waals surface area contributed by atoms with E-state index in [4.69, 9.17) is 17.0 Å². The van der Waals surface area contributed by atoms with Crippen molar-refractivity contribution in [3.8, 4) is 0 Å². The first-order chi connectivity index (χ1) is 6.20. The van der Waals surface area contributed by atoms with Crippen LogP contribution in [-0.4, -0.2) is 28.0 Å². The number of hydrogen-bond acceptors (Lipinski definition) is 3.